The molecule has 0 saturated heterocycles. The van der Waals surface area contributed by atoms with Crippen LogP contribution in [0.5, 0.6) is 23.0 Å². The number of halogens is 2. The molecule has 0 heterocycles. The summed E-state index contributed by atoms with van der Waals surface area (Å²) in [5, 5.41) is 18.2. The molecule has 4 nitrogen and oxygen atoms in total. The number of benzene rings is 2. The SMILES string of the molecule is Oc1ccc(OCCCCCCOc2ccc(O)cc2F)c(F)c1. The van der Waals surface area contributed by atoms with Gasteiger partial charge in [-0.3, -0.25) is 0 Å². The van der Waals surface area contributed by atoms with E-state index in [-0.39, 0.29) is 23.0 Å². The predicted molar refractivity (Wildman–Crippen MR) is 85.6 cm³/mol. The Balaban J connectivity index is 1.55. The molecule has 2 rings (SSSR count). The van der Waals surface area contributed by atoms with E-state index in [1.54, 1.807) is 0 Å². The second-order valence-electron chi connectivity index (χ2n) is 5.34. The largest absolute Gasteiger partial charge is 0.508 e. The highest BCUT2D eigenvalue weighted by molar-refractivity contribution is 5.32. The van der Waals surface area contributed by atoms with Crippen LogP contribution in [-0.2, 0) is 0 Å². The van der Waals surface area contributed by atoms with E-state index in [4.69, 9.17) is 19.7 Å². The van der Waals surface area contributed by atoms with Crippen LogP contribution >= 0.6 is 0 Å². The fourth-order valence-electron chi connectivity index (χ4n) is 2.14. The van der Waals surface area contributed by atoms with Crippen LogP contribution in [0, 0.1) is 11.6 Å². The summed E-state index contributed by atoms with van der Waals surface area (Å²) < 4.78 is 37.4. The average Bonchev–Trinajstić information content (AvgIpc) is 2.53. The topological polar surface area (TPSA) is 58.9 Å². The van der Waals surface area contributed by atoms with E-state index in [2.05, 4.69) is 0 Å². The average molecular weight is 338 g/mol. The normalized spacial score (nSPS) is 10.6. The van der Waals surface area contributed by atoms with Crippen LogP contribution in [0.2, 0.25) is 0 Å². The van der Waals surface area contributed by atoms with Gasteiger partial charge in [0.25, 0.3) is 0 Å². The summed E-state index contributed by atoms with van der Waals surface area (Å²) in [6.07, 6.45) is 3.27. The maximum atomic E-state index is 13.4. The second-order valence-corrected chi connectivity index (χ2v) is 5.34. The lowest BCUT2D eigenvalue weighted by atomic mass is 10.2. The molecule has 24 heavy (non-hydrogen) atoms. The van der Waals surface area contributed by atoms with Crippen molar-refractivity contribution in [1.82, 2.24) is 0 Å². The smallest absolute Gasteiger partial charge is 0.168 e. The van der Waals surface area contributed by atoms with Crippen molar-refractivity contribution in [2.24, 2.45) is 0 Å². The van der Waals surface area contributed by atoms with Crippen LogP contribution in [0.4, 0.5) is 8.78 Å². The zero-order valence-electron chi connectivity index (χ0n) is 13.2. The van der Waals surface area contributed by atoms with Crippen LogP contribution in [0.15, 0.2) is 36.4 Å². The molecule has 130 valence electrons. The van der Waals surface area contributed by atoms with Gasteiger partial charge in [-0.2, -0.15) is 0 Å². The highest BCUT2D eigenvalue weighted by Gasteiger charge is 2.05. The van der Waals surface area contributed by atoms with E-state index in [1.165, 1.54) is 24.3 Å². The number of aromatic hydroxyl groups is 2. The summed E-state index contributed by atoms with van der Waals surface area (Å²) in [5.41, 5.74) is 0. The minimum Gasteiger partial charge on any atom is -0.508 e. The van der Waals surface area contributed by atoms with Gasteiger partial charge >= 0.3 is 0 Å². The summed E-state index contributed by atoms with van der Waals surface area (Å²) in [6.45, 7) is 0.768. The van der Waals surface area contributed by atoms with E-state index in [0.717, 1.165) is 37.8 Å². The number of ether oxygens (including phenoxy) is 2. The molecule has 2 N–H and O–H groups in total. The van der Waals surface area contributed by atoms with E-state index < -0.39 is 11.6 Å². The summed E-state index contributed by atoms with van der Waals surface area (Å²) in [6, 6.07) is 7.55. The van der Waals surface area contributed by atoms with Crippen molar-refractivity contribution in [2.45, 2.75) is 25.7 Å². The number of hydrogen-bond donors (Lipinski definition) is 2. The number of phenols is 2. The van der Waals surface area contributed by atoms with Gasteiger partial charge in [-0.05, 0) is 49.9 Å². The summed E-state index contributed by atoms with van der Waals surface area (Å²) in [5.74, 6) is -1.19. The molecule has 0 radical (unpaired) electrons. The quantitative estimate of drug-likeness (QED) is 0.666. The molecule has 0 aromatic heterocycles. The van der Waals surface area contributed by atoms with Crippen molar-refractivity contribution in [1.29, 1.82) is 0 Å². The van der Waals surface area contributed by atoms with E-state index in [0.29, 0.717) is 13.2 Å². The Morgan fingerprint density at radius 2 is 1.08 bits per heavy atom. The predicted octanol–water partition coefficient (Wildman–Crippen LogP) is 4.39. The number of unbranched alkanes of at least 4 members (excludes halogenated alkanes) is 3. The van der Waals surface area contributed by atoms with Crippen molar-refractivity contribution >= 4 is 0 Å². The molecular formula is C18H20F2O4. The first-order valence-corrected chi connectivity index (χ1v) is 7.79. The number of rotatable bonds is 9. The molecule has 0 unspecified atom stereocenters. The van der Waals surface area contributed by atoms with Gasteiger partial charge in [-0.25, -0.2) is 8.78 Å². The third-order valence-corrected chi connectivity index (χ3v) is 3.38. The van der Waals surface area contributed by atoms with Gasteiger partial charge in [0.2, 0.25) is 0 Å². The Bertz CT molecular complexity index is 604. The molecule has 6 heteroatoms. The third-order valence-electron chi connectivity index (χ3n) is 3.38. The van der Waals surface area contributed by atoms with Crippen LogP contribution in [0.1, 0.15) is 25.7 Å². The summed E-state index contributed by atoms with van der Waals surface area (Å²) in [7, 11) is 0. The van der Waals surface area contributed by atoms with Gasteiger partial charge < -0.3 is 19.7 Å². The lowest BCUT2D eigenvalue weighted by molar-refractivity contribution is 0.274. The fourth-order valence-corrected chi connectivity index (χ4v) is 2.14. The first-order chi connectivity index (χ1) is 11.6. The Kier molecular flexibility index (Phi) is 6.66. The third kappa shape index (κ3) is 5.61. The number of phenolic OH excluding ortho intramolecular Hbond substituents is 2. The standard InChI is InChI=1S/C18H20F2O4/c19-15-11-13(21)5-7-17(15)23-9-3-1-2-4-10-24-18-8-6-14(22)12-16(18)20/h5-8,11-12,21-22H,1-4,9-10H2. The molecule has 0 saturated carbocycles. The number of hydrogen-bond acceptors (Lipinski definition) is 4. The van der Waals surface area contributed by atoms with E-state index in [9.17, 15) is 8.78 Å². The lowest BCUT2D eigenvalue weighted by Gasteiger charge is -2.08. The molecule has 0 amide bonds. The minimum absolute atomic E-state index is 0.124. The van der Waals surface area contributed by atoms with E-state index >= 15 is 0 Å². The summed E-state index contributed by atoms with van der Waals surface area (Å²) in [4.78, 5) is 0. The molecule has 0 aliphatic carbocycles. The van der Waals surface area contributed by atoms with Crippen molar-refractivity contribution in [3.63, 3.8) is 0 Å². The first kappa shape index (κ1) is 17.8. The maximum absolute atomic E-state index is 13.4. The van der Waals surface area contributed by atoms with Crippen molar-refractivity contribution in [3.05, 3.63) is 48.0 Å². The Hall–Kier alpha value is -2.50. The molecule has 0 bridgehead atoms. The Labute approximate surface area is 139 Å². The molecule has 0 aliphatic rings. The zero-order valence-corrected chi connectivity index (χ0v) is 13.2. The Morgan fingerprint density at radius 3 is 1.46 bits per heavy atom. The monoisotopic (exact) mass is 338 g/mol. The van der Waals surface area contributed by atoms with Crippen molar-refractivity contribution < 1.29 is 28.5 Å². The van der Waals surface area contributed by atoms with Crippen LogP contribution in [0.3, 0.4) is 0 Å². The van der Waals surface area contributed by atoms with Crippen molar-refractivity contribution in [3.8, 4) is 23.0 Å². The first-order valence-electron chi connectivity index (χ1n) is 7.79. The minimum atomic E-state index is -0.584. The molecular weight excluding hydrogens is 318 g/mol. The van der Waals surface area contributed by atoms with Crippen LogP contribution < -0.4 is 9.47 Å². The molecule has 2 aromatic rings. The lowest BCUT2D eigenvalue weighted by Crippen LogP contribution is -2.01. The highest BCUT2D eigenvalue weighted by Crippen LogP contribution is 2.23. The fraction of sp³-hybridized carbons (Fsp3) is 0.333. The van der Waals surface area contributed by atoms with Crippen LogP contribution in [0.25, 0.3) is 0 Å². The van der Waals surface area contributed by atoms with Crippen molar-refractivity contribution in [2.75, 3.05) is 13.2 Å². The molecule has 0 spiro atoms. The van der Waals surface area contributed by atoms with Gasteiger partial charge in [0.1, 0.15) is 11.5 Å². The second kappa shape index (κ2) is 8.96. The zero-order chi connectivity index (χ0) is 17.4. The van der Waals surface area contributed by atoms with Gasteiger partial charge in [-0.1, -0.05) is 0 Å². The molecule has 0 aliphatic heterocycles. The highest BCUT2D eigenvalue weighted by atomic mass is 19.1. The van der Waals surface area contributed by atoms with Gasteiger partial charge in [0, 0.05) is 12.1 Å². The molecule has 2 aromatic carbocycles. The van der Waals surface area contributed by atoms with Gasteiger partial charge in [0.05, 0.1) is 13.2 Å². The Morgan fingerprint density at radius 1 is 0.667 bits per heavy atom. The maximum Gasteiger partial charge on any atom is 0.168 e. The van der Waals surface area contributed by atoms with E-state index in [1.807, 2.05) is 0 Å². The summed E-state index contributed by atoms with van der Waals surface area (Å²) >= 11 is 0. The molecule has 0 atom stereocenters. The van der Waals surface area contributed by atoms with Gasteiger partial charge in [0.15, 0.2) is 23.1 Å². The van der Waals surface area contributed by atoms with Crippen LogP contribution in [-0.4, -0.2) is 23.4 Å². The molecule has 0 fully saturated rings. The van der Waals surface area contributed by atoms with Gasteiger partial charge in [-0.15, -0.1) is 0 Å².